The third-order valence-electron chi connectivity index (χ3n) is 3.86. The summed E-state index contributed by atoms with van der Waals surface area (Å²) in [5.41, 5.74) is 1.86. The van der Waals surface area contributed by atoms with Crippen LogP contribution in [0.25, 0.3) is 11.4 Å². The van der Waals surface area contributed by atoms with Crippen molar-refractivity contribution in [3.05, 3.63) is 65.0 Å². The molecule has 0 aliphatic heterocycles. The van der Waals surface area contributed by atoms with Gasteiger partial charge >= 0.3 is 0 Å². The quantitative estimate of drug-likeness (QED) is 0.271. The summed E-state index contributed by atoms with van der Waals surface area (Å²) in [4.78, 5) is 8.98. The first-order valence-corrected chi connectivity index (χ1v) is 9.29. The van der Waals surface area contributed by atoms with E-state index in [-0.39, 0.29) is 24.0 Å². The van der Waals surface area contributed by atoms with Crippen molar-refractivity contribution in [2.75, 3.05) is 13.7 Å². The number of guanidine groups is 1. The standard InChI is InChI=1S/C20H22ClN5O2.HI/c1-3-22-20(23-12-14-6-4-9-17(10-14)27-2)24-13-18-25-19(26-28-18)15-7-5-8-16(21)11-15;/h4-11H,3,12-13H2,1-2H3,(H2,22,23,24);1H. The molecule has 154 valence electrons. The summed E-state index contributed by atoms with van der Waals surface area (Å²) in [5.74, 6) is 2.43. The van der Waals surface area contributed by atoms with Gasteiger partial charge in [0.1, 0.15) is 5.75 Å². The van der Waals surface area contributed by atoms with Crippen molar-refractivity contribution in [2.45, 2.75) is 20.0 Å². The monoisotopic (exact) mass is 527 g/mol. The van der Waals surface area contributed by atoms with Gasteiger partial charge in [0.05, 0.1) is 20.2 Å². The highest BCUT2D eigenvalue weighted by molar-refractivity contribution is 14.0. The van der Waals surface area contributed by atoms with Gasteiger partial charge < -0.3 is 19.9 Å². The smallest absolute Gasteiger partial charge is 0.246 e. The van der Waals surface area contributed by atoms with E-state index in [4.69, 9.17) is 20.9 Å². The van der Waals surface area contributed by atoms with Crippen LogP contribution in [-0.2, 0) is 13.1 Å². The fourth-order valence-corrected chi connectivity index (χ4v) is 2.70. The summed E-state index contributed by atoms with van der Waals surface area (Å²) in [6.07, 6.45) is 0. The minimum atomic E-state index is 0. The van der Waals surface area contributed by atoms with Crippen molar-refractivity contribution < 1.29 is 9.26 Å². The topological polar surface area (TPSA) is 84.6 Å². The zero-order chi connectivity index (χ0) is 19.8. The number of aliphatic imine (C=N–C) groups is 1. The normalized spacial score (nSPS) is 10.9. The van der Waals surface area contributed by atoms with Crippen LogP contribution >= 0.6 is 35.6 Å². The molecule has 1 heterocycles. The molecule has 0 atom stereocenters. The van der Waals surface area contributed by atoms with E-state index < -0.39 is 0 Å². The number of hydrogen-bond donors (Lipinski definition) is 2. The molecule has 0 aliphatic rings. The van der Waals surface area contributed by atoms with Crippen LogP contribution in [0.5, 0.6) is 5.75 Å². The first-order valence-electron chi connectivity index (χ1n) is 8.91. The number of ether oxygens (including phenoxy) is 1. The minimum absolute atomic E-state index is 0. The third-order valence-corrected chi connectivity index (χ3v) is 4.09. The molecule has 0 fully saturated rings. The Kier molecular flexibility index (Phi) is 9.20. The van der Waals surface area contributed by atoms with Gasteiger partial charge in [0.2, 0.25) is 11.7 Å². The molecule has 3 aromatic rings. The van der Waals surface area contributed by atoms with Crippen molar-refractivity contribution in [1.29, 1.82) is 0 Å². The van der Waals surface area contributed by atoms with E-state index in [0.29, 0.717) is 35.8 Å². The lowest BCUT2D eigenvalue weighted by atomic mass is 10.2. The molecule has 0 saturated carbocycles. The maximum atomic E-state index is 6.01. The molecule has 2 N–H and O–H groups in total. The molecule has 9 heteroatoms. The van der Waals surface area contributed by atoms with Gasteiger partial charge in [-0.1, -0.05) is 41.0 Å². The van der Waals surface area contributed by atoms with E-state index >= 15 is 0 Å². The number of methoxy groups -OCH3 is 1. The number of nitrogens with one attached hydrogen (secondary N) is 2. The first kappa shape index (κ1) is 23.0. The summed E-state index contributed by atoms with van der Waals surface area (Å²) >= 11 is 6.01. The van der Waals surface area contributed by atoms with Crippen LogP contribution in [0.2, 0.25) is 5.02 Å². The molecular weight excluding hydrogens is 505 g/mol. The van der Waals surface area contributed by atoms with Gasteiger partial charge in [-0.3, -0.25) is 0 Å². The Bertz CT molecular complexity index is 948. The van der Waals surface area contributed by atoms with Gasteiger partial charge in [0.15, 0.2) is 5.96 Å². The SMILES string of the molecule is CCNC(=NCc1cccc(OC)c1)NCc1nc(-c2cccc(Cl)c2)no1.I. The lowest BCUT2D eigenvalue weighted by Crippen LogP contribution is -2.36. The molecule has 0 bridgehead atoms. The zero-order valence-electron chi connectivity index (χ0n) is 16.2. The average molecular weight is 528 g/mol. The van der Waals surface area contributed by atoms with E-state index in [0.717, 1.165) is 23.4 Å². The van der Waals surface area contributed by atoms with Crippen LogP contribution in [0, 0.1) is 0 Å². The third kappa shape index (κ3) is 6.90. The number of benzene rings is 2. The highest BCUT2D eigenvalue weighted by Gasteiger charge is 2.09. The first-order chi connectivity index (χ1) is 13.7. The number of halogens is 2. The summed E-state index contributed by atoms with van der Waals surface area (Å²) in [6.45, 7) is 3.62. The number of rotatable bonds is 7. The van der Waals surface area contributed by atoms with Crippen molar-refractivity contribution >= 4 is 41.5 Å². The van der Waals surface area contributed by atoms with Gasteiger partial charge in [-0.15, -0.1) is 24.0 Å². The fourth-order valence-electron chi connectivity index (χ4n) is 2.51. The second-order valence-electron chi connectivity index (χ2n) is 5.92. The van der Waals surface area contributed by atoms with Crippen molar-refractivity contribution in [3.8, 4) is 17.1 Å². The van der Waals surface area contributed by atoms with Crippen molar-refractivity contribution in [1.82, 2.24) is 20.8 Å². The average Bonchev–Trinajstić information content (AvgIpc) is 3.19. The Morgan fingerprint density at radius 2 is 2.00 bits per heavy atom. The number of hydrogen-bond acceptors (Lipinski definition) is 5. The van der Waals surface area contributed by atoms with Gasteiger partial charge in [-0.2, -0.15) is 4.98 Å². The van der Waals surface area contributed by atoms with E-state index in [2.05, 4.69) is 25.8 Å². The molecular formula is C20H23ClIN5O2. The molecule has 0 spiro atoms. The van der Waals surface area contributed by atoms with Gasteiger partial charge in [-0.05, 0) is 36.8 Å². The summed E-state index contributed by atoms with van der Waals surface area (Å²) in [7, 11) is 1.65. The van der Waals surface area contributed by atoms with Crippen LogP contribution in [0.4, 0.5) is 0 Å². The van der Waals surface area contributed by atoms with Crippen LogP contribution in [0.15, 0.2) is 58.0 Å². The Morgan fingerprint density at radius 1 is 1.17 bits per heavy atom. The molecule has 1 aromatic heterocycles. The molecule has 0 radical (unpaired) electrons. The van der Waals surface area contributed by atoms with E-state index in [1.54, 1.807) is 19.2 Å². The summed E-state index contributed by atoms with van der Waals surface area (Å²) in [6, 6.07) is 15.1. The second-order valence-corrected chi connectivity index (χ2v) is 6.36. The lowest BCUT2D eigenvalue weighted by molar-refractivity contribution is 0.375. The molecule has 29 heavy (non-hydrogen) atoms. The Hall–Kier alpha value is -2.33. The van der Waals surface area contributed by atoms with Crippen LogP contribution in [0.1, 0.15) is 18.4 Å². The van der Waals surface area contributed by atoms with Crippen LogP contribution < -0.4 is 15.4 Å². The van der Waals surface area contributed by atoms with Crippen LogP contribution in [-0.4, -0.2) is 29.8 Å². The fraction of sp³-hybridized carbons (Fsp3) is 0.250. The molecule has 0 amide bonds. The van der Waals surface area contributed by atoms with E-state index in [1.165, 1.54) is 0 Å². The Labute approximate surface area is 191 Å². The largest absolute Gasteiger partial charge is 0.497 e. The number of aromatic nitrogens is 2. The lowest BCUT2D eigenvalue weighted by Gasteiger charge is -2.09. The molecule has 0 aliphatic carbocycles. The summed E-state index contributed by atoms with van der Waals surface area (Å²) < 4.78 is 10.6. The minimum Gasteiger partial charge on any atom is -0.497 e. The second kappa shape index (κ2) is 11.6. The highest BCUT2D eigenvalue weighted by atomic mass is 127. The molecule has 0 unspecified atom stereocenters. The maximum absolute atomic E-state index is 6.01. The predicted octanol–water partition coefficient (Wildman–Crippen LogP) is 4.27. The predicted molar refractivity (Wildman–Crippen MR) is 125 cm³/mol. The van der Waals surface area contributed by atoms with Gasteiger partial charge in [0.25, 0.3) is 0 Å². The molecule has 3 rings (SSSR count). The van der Waals surface area contributed by atoms with Gasteiger partial charge in [-0.25, -0.2) is 4.99 Å². The van der Waals surface area contributed by atoms with Gasteiger partial charge in [0, 0.05) is 17.1 Å². The number of nitrogens with zero attached hydrogens (tertiary/aromatic N) is 3. The van der Waals surface area contributed by atoms with E-state index in [9.17, 15) is 0 Å². The Balaban J connectivity index is 0.00000300. The van der Waals surface area contributed by atoms with E-state index in [1.807, 2.05) is 43.3 Å². The van der Waals surface area contributed by atoms with Crippen molar-refractivity contribution in [3.63, 3.8) is 0 Å². The van der Waals surface area contributed by atoms with Crippen LogP contribution in [0.3, 0.4) is 0 Å². The molecule has 7 nitrogen and oxygen atoms in total. The molecule has 2 aromatic carbocycles. The maximum Gasteiger partial charge on any atom is 0.246 e. The summed E-state index contributed by atoms with van der Waals surface area (Å²) in [5, 5.41) is 11.0. The zero-order valence-corrected chi connectivity index (χ0v) is 19.3. The highest BCUT2D eigenvalue weighted by Crippen LogP contribution is 2.19. The Morgan fingerprint density at radius 3 is 2.76 bits per heavy atom. The van der Waals surface area contributed by atoms with Crippen molar-refractivity contribution in [2.24, 2.45) is 4.99 Å². The molecule has 0 saturated heterocycles.